The summed E-state index contributed by atoms with van der Waals surface area (Å²) in [6.45, 7) is 6.70. The predicted octanol–water partition coefficient (Wildman–Crippen LogP) is 2.98. The van der Waals surface area contributed by atoms with Gasteiger partial charge in [-0.2, -0.15) is 0 Å². The Morgan fingerprint density at radius 2 is 1.78 bits per heavy atom. The van der Waals surface area contributed by atoms with Crippen molar-refractivity contribution in [1.82, 2.24) is 0 Å². The molecule has 0 N–H and O–H groups in total. The van der Waals surface area contributed by atoms with Crippen LogP contribution in [0.3, 0.4) is 0 Å². The van der Waals surface area contributed by atoms with Crippen LogP contribution in [0.2, 0.25) is 0 Å². The minimum atomic E-state index is -0.184. The van der Waals surface area contributed by atoms with Crippen molar-refractivity contribution in [3.8, 4) is 0 Å². The molecule has 3 heteroatoms. The summed E-state index contributed by atoms with van der Waals surface area (Å²) in [5, 5.41) is 0. The molecular formula is C15H22O3. The number of hydrogen-bond donors (Lipinski definition) is 0. The maximum absolute atomic E-state index is 11.5. The van der Waals surface area contributed by atoms with Crippen LogP contribution in [0.4, 0.5) is 0 Å². The lowest BCUT2D eigenvalue weighted by Gasteiger charge is -2.19. The van der Waals surface area contributed by atoms with Crippen LogP contribution in [0.25, 0.3) is 0 Å². The zero-order valence-electron chi connectivity index (χ0n) is 11.4. The molecule has 100 valence electrons. The highest BCUT2D eigenvalue weighted by atomic mass is 16.6. The Balaban J connectivity index is 2.11. The molecule has 1 rings (SSSR count). The van der Waals surface area contributed by atoms with E-state index in [4.69, 9.17) is 9.47 Å². The van der Waals surface area contributed by atoms with Gasteiger partial charge in [0.1, 0.15) is 6.61 Å². The molecule has 0 bridgehead atoms. The predicted molar refractivity (Wildman–Crippen MR) is 71.4 cm³/mol. The first-order valence-electron chi connectivity index (χ1n) is 6.31. The van der Waals surface area contributed by atoms with Gasteiger partial charge >= 0.3 is 5.97 Å². The zero-order chi connectivity index (χ0) is 13.4. The van der Waals surface area contributed by atoms with Crippen molar-refractivity contribution >= 4 is 5.97 Å². The van der Waals surface area contributed by atoms with E-state index in [0.29, 0.717) is 19.6 Å². The van der Waals surface area contributed by atoms with E-state index in [0.717, 1.165) is 12.0 Å². The summed E-state index contributed by atoms with van der Waals surface area (Å²) in [5.74, 6) is -0.170. The van der Waals surface area contributed by atoms with Crippen LogP contribution in [0.5, 0.6) is 0 Å². The van der Waals surface area contributed by atoms with Gasteiger partial charge in [0, 0.05) is 6.42 Å². The van der Waals surface area contributed by atoms with Gasteiger partial charge in [-0.3, -0.25) is 4.79 Å². The molecule has 0 saturated carbocycles. The Bertz CT molecular complexity index is 352. The van der Waals surface area contributed by atoms with Crippen molar-refractivity contribution < 1.29 is 14.3 Å². The highest BCUT2D eigenvalue weighted by Crippen LogP contribution is 2.06. The molecule has 1 aromatic rings. The Morgan fingerprint density at radius 1 is 1.11 bits per heavy atom. The molecule has 0 radical (unpaired) electrons. The largest absolute Gasteiger partial charge is 0.463 e. The molecule has 0 fully saturated rings. The van der Waals surface area contributed by atoms with Crippen molar-refractivity contribution in [3.05, 3.63) is 35.9 Å². The molecule has 0 amide bonds. The third-order valence-corrected chi connectivity index (χ3v) is 2.34. The van der Waals surface area contributed by atoms with Gasteiger partial charge in [0.15, 0.2) is 0 Å². The van der Waals surface area contributed by atoms with Gasteiger partial charge in [0.25, 0.3) is 0 Å². The molecular weight excluding hydrogens is 228 g/mol. The summed E-state index contributed by atoms with van der Waals surface area (Å²) in [6.07, 6.45) is 1.14. The molecule has 0 aliphatic rings. The normalized spacial score (nSPS) is 11.3. The van der Waals surface area contributed by atoms with Crippen molar-refractivity contribution in [2.75, 3.05) is 13.2 Å². The smallest absolute Gasteiger partial charge is 0.306 e. The Kier molecular flexibility index (Phi) is 5.86. The molecule has 3 nitrogen and oxygen atoms in total. The van der Waals surface area contributed by atoms with Crippen LogP contribution in [0.1, 0.15) is 32.8 Å². The summed E-state index contributed by atoms with van der Waals surface area (Å²) in [4.78, 5) is 11.5. The summed E-state index contributed by atoms with van der Waals surface area (Å²) in [5.41, 5.74) is 0.969. The van der Waals surface area contributed by atoms with E-state index in [-0.39, 0.29) is 11.6 Å². The number of rotatable bonds is 6. The van der Waals surface area contributed by atoms with Gasteiger partial charge in [-0.05, 0) is 32.8 Å². The van der Waals surface area contributed by atoms with Crippen LogP contribution < -0.4 is 0 Å². The fourth-order valence-corrected chi connectivity index (χ4v) is 1.47. The van der Waals surface area contributed by atoms with E-state index in [1.807, 2.05) is 51.1 Å². The zero-order valence-corrected chi connectivity index (χ0v) is 11.4. The summed E-state index contributed by atoms with van der Waals surface area (Å²) < 4.78 is 10.6. The SMILES string of the molecule is CC(C)(C)OCCOC(=O)CCc1ccccc1. The molecule has 0 atom stereocenters. The molecule has 0 aromatic heterocycles. The number of hydrogen-bond acceptors (Lipinski definition) is 3. The van der Waals surface area contributed by atoms with Crippen molar-refractivity contribution in [3.63, 3.8) is 0 Å². The highest BCUT2D eigenvalue weighted by Gasteiger charge is 2.10. The number of ether oxygens (including phenoxy) is 2. The van der Waals surface area contributed by atoms with Crippen molar-refractivity contribution in [2.24, 2.45) is 0 Å². The third-order valence-electron chi connectivity index (χ3n) is 2.34. The first kappa shape index (κ1) is 14.7. The van der Waals surface area contributed by atoms with Crippen LogP contribution >= 0.6 is 0 Å². The van der Waals surface area contributed by atoms with E-state index in [9.17, 15) is 4.79 Å². The minimum absolute atomic E-state index is 0.170. The quantitative estimate of drug-likeness (QED) is 0.575. The second-order valence-electron chi connectivity index (χ2n) is 5.17. The number of carbonyl (C=O) groups is 1. The summed E-state index contributed by atoms with van der Waals surface area (Å²) >= 11 is 0. The van der Waals surface area contributed by atoms with Crippen molar-refractivity contribution in [1.29, 1.82) is 0 Å². The maximum atomic E-state index is 11.5. The van der Waals surface area contributed by atoms with Gasteiger partial charge in [0.2, 0.25) is 0 Å². The minimum Gasteiger partial charge on any atom is -0.463 e. The second-order valence-corrected chi connectivity index (χ2v) is 5.17. The lowest BCUT2D eigenvalue weighted by atomic mass is 10.1. The number of esters is 1. The molecule has 0 aliphatic heterocycles. The molecule has 0 saturated heterocycles. The van der Waals surface area contributed by atoms with Gasteiger partial charge in [-0.25, -0.2) is 0 Å². The molecule has 0 unspecified atom stereocenters. The van der Waals surface area contributed by atoms with Crippen LogP contribution in [0, 0.1) is 0 Å². The molecule has 0 aliphatic carbocycles. The maximum Gasteiger partial charge on any atom is 0.306 e. The highest BCUT2D eigenvalue weighted by molar-refractivity contribution is 5.69. The number of aryl methyl sites for hydroxylation is 1. The van der Waals surface area contributed by atoms with Crippen LogP contribution in [0.15, 0.2) is 30.3 Å². The Morgan fingerprint density at radius 3 is 2.39 bits per heavy atom. The van der Waals surface area contributed by atoms with E-state index >= 15 is 0 Å². The fourth-order valence-electron chi connectivity index (χ4n) is 1.47. The average Bonchev–Trinajstić information content (AvgIpc) is 2.32. The topological polar surface area (TPSA) is 35.5 Å². The van der Waals surface area contributed by atoms with Crippen molar-refractivity contribution in [2.45, 2.75) is 39.2 Å². The van der Waals surface area contributed by atoms with Gasteiger partial charge in [0.05, 0.1) is 12.2 Å². The standard InChI is InChI=1S/C15H22O3/c1-15(2,3)18-12-11-17-14(16)10-9-13-7-5-4-6-8-13/h4-8H,9-12H2,1-3H3. The molecule has 0 heterocycles. The first-order valence-corrected chi connectivity index (χ1v) is 6.31. The lowest BCUT2D eigenvalue weighted by molar-refractivity contribution is -0.146. The average molecular weight is 250 g/mol. The van der Waals surface area contributed by atoms with E-state index in [1.54, 1.807) is 0 Å². The monoisotopic (exact) mass is 250 g/mol. The van der Waals surface area contributed by atoms with E-state index < -0.39 is 0 Å². The first-order chi connectivity index (χ1) is 8.47. The lowest BCUT2D eigenvalue weighted by Crippen LogP contribution is -2.22. The van der Waals surface area contributed by atoms with Crippen LogP contribution in [-0.4, -0.2) is 24.8 Å². The molecule has 18 heavy (non-hydrogen) atoms. The number of benzene rings is 1. The van der Waals surface area contributed by atoms with E-state index in [1.165, 1.54) is 0 Å². The second kappa shape index (κ2) is 7.17. The van der Waals surface area contributed by atoms with Crippen LogP contribution in [-0.2, 0) is 20.7 Å². The van der Waals surface area contributed by atoms with E-state index in [2.05, 4.69) is 0 Å². The molecule has 1 aromatic carbocycles. The number of carbonyl (C=O) groups excluding carboxylic acids is 1. The summed E-state index contributed by atoms with van der Waals surface area (Å²) in [6, 6.07) is 9.92. The Hall–Kier alpha value is -1.35. The fraction of sp³-hybridized carbons (Fsp3) is 0.533. The van der Waals surface area contributed by atoms with Gasteiger partial charge in [-0.1, -0.05) is 30.3 Å². The third kappa shape index (κ3) is 7.07. The summed E-state index contributed by atoms with van der Waals surface area (Å²) in [7, 11) is 0. The molecule has 0 spiro atoms. The van der Waals surface area contributed by atoms with Gasteiger partial charge < -0.3 is 9.47 Å². The Labute approximate surface area is 109 Å². The van der Waals surface area contributed by atoms with Gasteiger partial charge in [-0.15, -0.1) is 0 Å².